The van der Waals surface area contributed by atoms with Crippen molar-refractivity contribution in [1.29, 1.82) is 0 Å². The fraction of sp³-hybridized carbons (Fsp3) is 0.0870. The molecule has 138 valence electrons. The molecule has 2 aromatic carbocycles. The first-order chi connectivity index (χ1) is 13.7. The maximum absolute atomic E-state index is 12.9. The van der Waals surface area contributed by atoms with Crippen molar-refractivity contribution in [1.82, 2.24) is 14.7 Å². The molecule has 0 aliphatic heterocycles. The van der Waals surface area contributed by atoms with Crippen LogP contribution < -0.4 is 10.9 Å². The highest BCUT2D eigenvalue weighted by Crippen LogP contribution is 2.19. The highest BCUT2D eigenvalue weighted by molar-refractivity contribution is 5.94. The van der Waals surface area contributed by atoms with Crippen LogP contribution in [0.2, 0.25) is 0 Å². The third-order valence-electron chi connectivity index (χ3n) is 4.65. The summed E-state index contributed by atoms with van der Waals surface area (Å²) in [6.07, 6.45) is 3.58. The molecule has 0 radical (unpaired) electrons. The molecule has 1 amide bonds. The summed E-state index contributed by atoms with van der Waals surface area (Å²) in [4.78, 5) is 29.9. The third-order valence-corrected chi connectivity index (χ3v) is 4.65. The van der Waals surface area contributed by atoms with Crippen molar-refractivity contribution in [3.63, 3.8) is 0 Å². The smallest absolute Gasteiger partial charge is 0.270 e. The van der Waals surface area contributed by atoms with Gasteiger partial charge >= 0.3 is 0 Å². The van der Waals surface area contributed by atoms with E-state index >= 15 is 0 Å². The number of nitrogens with one attached hydrogen (secondary N) is 1. The third kappa shape index (κ3) is 3.69. The molecule has 0 unspecified atom stereocenters. The first-order valence-corrected chi connectivity index (χ1v) is 9.08. The van der Waals surface area contributed by atoms with Crippen molar-refractivity contribution >= 4 is 11.6 Å². The monoisotopic (exact) mass is 369 g/mol. The number of nitrogens with zero attached hydrogens (tertiary/aromatic N) is 2. The normalized spacial score (nSPS) is 11.9. The lowest BCUT2D eigenvalue weighted by molar-refractivity contribution is 0.0934. The average Bonchev–Trinajstić information content (AvgIpc) is 2.75. The minimum absolute atomic E-state index is 0.0256. The van der Waals surface area contributed by atoms with E-state index in [0.717, 1.165) is 11.1 Å². The van der Waals surface area contributed by atoms with Crippen LogP contribution in [0.5, 0.6) is 0 Å². The van der Waals surface area contributed by atoms with Gasteiger partial charge in [0.15, 0.2) is 0 Å². The van der Waals surface area contributed by atoms with E-state index in [1.165, 1.54) is 10.6 Å². The van der Waals surface area contributed by atoms with Crippen LogP contribution in [0, 0.1) is 0 Å². The Labute approximate surface area is 162 Å². The topological polar surface area (TPSA) is 63.5 Å². The summed E-state index contributed by atoms with van der Waals surface area (Å²) < 4.78 is 1.38. The standard InChI is InChI=1S/C23H19N3O2/c27-22(19-16-24-21-13-7-8-14-26(21)23(19)28)25-20(18-11-5-2-6-12-18)15-17-9-3-1-4-10-17/h1-14,16,20H,15H2,(H,25,27)/t20-/m0/s1. The second-order valence-corrected chi connectivity index (χ2v) is 6.53. The molecule has 5 nitrogen and oxygen atoms in total. The van der Waals surface area contributed by atoms with Gasteiger partial charge in [-0.1, -0.05) is 66.7 Å². The minimum Gasteiger partial charge on any atom is -0.345 e. The van der Waals surface area contributed by atoms with E-state index in [1.54, 1.807) is 24.4 Å². The number of carbonyl (C=O) groups is 1. The summed E-state index contributed by atoms with van der Waals surface area (Å²) in [5.74, 6) is -0.430. The molecular weight excluding hydrogens is 350 g/mol. The van der Waals surface area contributed by atoms with Gasteiger partial charge in [-0.15, -0.1) is 0 Å². The zero-order valence-corrected chi connectivity index (χ0v) is 15.2. The molecule has 0 fully saturated rings. The van der Waals surface area contributed by atoms with Gasteiger partial charge in [-0.25, -0.2) is 4.98 Å². The number of pyridine rings is 1. The molecule has 0 saturated heterocycles. The number of hydrogen-bond acceptors (Lipinski definition) is 3. The predicted octanol–water partition coefficient (Wildman–Crippen LogP) is 3.41. The first kappa shape index (κ1) is 17.7. The van der Waals surface area contributed by atoms with Crippen LogP contribution in [0.4, 0.5) is 0 Å². The molecule has 28 heavy (non-hydrogen) atoms. The number of amides is 1. The van der Waals surface area contributed by atoms with Crippen LogP contribution in [-0.2, 0) is 6.42 Å². The quantitative estimate of drug-likeness (QED) is 0.586. The van der Waals surface area contributed by atoms with Gasteiger partial charge in [-0.2, -0.15) is 0 Å². The highest BCUT2D eigenvalue weighted by Gasteiger charge is 2.19. The van der Waals surface area contributed by atoms with Crippen LogP contribution in [0.15, 0.2) is 96.1 Å². The zero-order valence-electron chi connectivity index (χ0n) is 15.2. The molecule has 2 heterocycles. The maximum atomic E-state index is 12.9. The summed E-state index contributed by atoms with van der Waals surface area (Å²) in [5.41, 5.74) is 2.24. The van der Waals surface area contributed by atoms with Crippen LogP contribution in [0.3, 0.4) is 0 Å². The van der Waals surface area contributed by atoms with Crippen molar-refractivity contribution in [2.45, 2.75) is 12.5 Å². The molecule has 0 bridgehead atoms. The Morgan fingerprint density at radius 2 is 1.61 bits per heavy atom. The van der Waals surface area contributed by atoms with Crippen LogP contribution in [-0.4, -0.2) is 15.3 Å². The SMILES string of the molecule is O=C(N[C@@H](Cc1ccccc1)c1ccccc1)c1cnc2ccccn2c1=O. The number of carbonyl (C=O) groups excluding carboxylic acids is 1. The molecule has 4 rings (SSSR count). The van der Waals surface area contributed by atoms with Crippen molar-refractivity contribution < 1.29 is 4.79 Å². The van der Waals surface area contributed by atoms with Gasteiger partial charge in [-0.3, -0.25) is 14.0 Å². The van der Waals surface area contributed by atoms with Gasteiger partial charge in [0, 0.05) is 12.4 Å². The Morgan fingerprint density at radius 1 is 0.929 bits per heavy atom. The van der Waals surface area contributed by atoms with Gasteiger partial charge in [0.2, 0.25) is 0 Å². The summed E-state index contributed by atoms with van der Waals surface area (Å²) >= 11 is 0. The summed E-state index contributed by atoms with van der Waals surface area (Å²) in [5, 5.41) is 3.01. The number of aromatic nitrogens is 2. The van der Waals surface area contributed by atoms with Crippen molar-refractivity contribution in [2.75, 3.05) is 0 Å². The molecule has 0 spiro atoms. The number of fused-ring (bicyclic) bond motifs is 1. The molecule has 0 aliphatic rings. The van der Waals surface area contributed by atoms with E-state index in [-0.39, 0.29) is 17.2 Å². The number of benzene rings is 2. The number of rotatable bonds is 5. The second-order valence-electron chi connectivity index (χ2n) is 6.53. The molecular formula is C23H19N3O2. The van der Waals surface area contributed by atoms with Gasteiger partial charge in [0.1, 0.15) is 11.2 Å². The fourth-order valence-corrected chi connectivity index (χ4v) is 3.21. The molecule has 1 N–H and O–H groups in total. The van der Waals surface area contributed by atoms with E-state index in [2.05, 4.69) is 10.3 Å². The molecule has 4 aromatic rings. The molecule has 0 saturated carbocycles. The summed E-state index contributed by atoms with van der Waals surface area (Å²) in [6, 6.07) is 24.7. The first-order valence-electron chi connectivity index (χ1n) is 9.08. The maximum Gasteiger partial charge on any atom is 0.270 e. The highest BCUT2D eigenvalue weighted by atomic mass is 16.2. The van der Waals surface area contributed by atoms with E-state index in [1.807, 2.05) is 60.7 Å². The van der Waals surface area contributed by atoms with Gasteiger partial charge in [0.25, 0.3) is 11.5 Å². The zero-order chi connectivity index (χ0) is 19.3. The van der Waals surface area contributed by atoms with Crippen molar-refractivity contribution in [3.8, 4) is 0 Å². The Bertz CT molecular complexity index is 1150. The fourth-order valence-electron chi connectivity index (χ4n) is 3.21. The molecule has 5 heteroatoms. The second kappa shape index (κ2) is 7.88. The Hall–Kier alpha value is -3.73. The Kier molecular flexibility index (Phi) is 4.97. The van der Waals surface area contributed by atoms with E-state index < -0.39 is 5.91 Å². The minimum atomic E-state index is -0.430. The lowest BCUT2D eigenvalue weighted by Crippen LogP contribution is -2.35. The van der Waals surface area contributed by atoms with Crippen LogP contribution in [0.1, 0.15) is 27.5 Å². The van der Waals surface area contributed by atoms with Gasteiger partial charge in [0.05, 0.1) is 6.04 Å². The van der Waals surface area contributed by atoms with Crippen LogP contribution >= 0.6 is 0 Å². The lowest BCUT2D eigenvalue weighted by atomic mass is 9.98. The molecule has 0 aliphatic carbocycles. The Balaban J connectivity index is 1.66. The summed E-state index contributed by atoms with van der Waals surface area (Å²) in [7, 11) is 0. The Morgan fingerprint density at radius 3 is 2.36 bits per heavy atom. The van der Waals surface area contributed by atoms with Gasteiger partial charge < -0.3 is 5.32 Å². The van der Waals surface area contributed by atoms with Gasteiger partial charge in [-0.05, 0) is 29.7 Å². The lowest BCUT2D eigenvalue weighted by Gasteiger charge is -2.19. The van der Waals surface area contributed by atoms with Crippen LogP contribution in [0.25, 0.3) is 5.65 Å². The molecule has 2 aromatic heterocycles. The molecule has 1 atom stereocenters. The predicted molar refractivity (Wildman–Crippen MR) is 108 cm³/mol. The van der Waals surface area contributed by atoms with E-state index in [0.29, 0.717) is 12.1 Å². The van der Waals surface area contributed by atoms with Crippen molar-refractivity contribution in [3.05, 3.63) is 118 Å². The van der Waals surface area contributed by atoms with E-state index in [4.69, 9.17) is 0 Å². The number of hydrogen-bond donors (Lipinski definition) is 1. The van der Waals surface area contributed by atoms with E-state index in [9.17, 15) is 9.59 Å². The largest absolute Gasteiger partial charge is 0.345 e. The van der Waals surface area contributed by atoms with Crippen molar-refractivity contribution in [2.24, 2.45) is 0 Å². The average molecular weight is 369 g/mol. The summed E-state index contributed by atoms with van der Waals surface area (Å²) in [6.45, 7) is 0.